The Kier molecular flexibility index (Phi) is 8.16. The van der Waals surface area contributed by atoms with Crippen LogP contribution in [0.25, 0.3) is 0 Å². The average Bonchev–Trinajstić information content (AvgIpc) is 2.73. The first-order valence-electron chi connectivity index (χ1n) is 10.3. The predicted molar refractivity (Wildman–Crippen MR) is 123 cm³/mol. The van der Waals surface area contributed by atoms with Gasteiger partial charge in [0.2, 0.25) is 0 Å². The van der Waals surface area contributed by atoms with Crippen molar-refractivity contribution < 1.29 is 9.59 Å². The second kappa shape index (κ2) is 10.6. The van der Waals surface area contributed by atoms with Gasteiger partial charge in [-0.2, -0.15) is 5.10 Å². The van der Waals surface area contributed by atoms with E-state index in [0.29, 0.717) is 5.56 Å². The molecule has 0 fully saturated rings. The lowest BCUT2D eigenvalue weighted by atomic mass is 9.87. The monoisotopic (exact) mass is 408 g/mol. The Balaban J connectivity index is 1.81. The molecule has 2 amide bonds. The van der Waals surface area contributed by atoms with Crippen LogP contribution < -0.4 is 15.6 Å². The number of hydrogen-bond donors (Lipinski definition) is 2. The molecule has 6 heteroatoms. The van der Waals surface area contributed by atoms with E-state index in [1.807, 2.05) is 36.4 Å². The molecule has 0 unspecified atom stereocenters. The molecular formula is C24H32N4O2. The van der Waals surface area contributed by atoms with Crippen LogP contribution in [0.4, 0.5) is 5.69 Å². The van der Waals surface area contributed by atoms with Crippen molar-refractivity contribution in [2.45, 2.75) is 40.0 Å². The molecule has 0 saturated heterocycles. The first-order valence-corrected chi connectivity index (χ1v) is 10.3. The third-order valence-corrected chi connectivity index (χ3v) is 4.85. The van der Waals surface area contributed by atoms with Crippen LogP contribution in [0.15, 0.2) is 53.6 Å². The lowest BCUT2D eigenvalue weighted by Gasteiger charge is -2.20. The van der Waals surface area contributed by atoms with Crippen molar-refractivity contribution in [2.75, 3.05) is 24.5 Å². The highest BCUT2D eigenvalue weighted by Gasteiger charge is 2.14. The van der Waals surface area contributed by atoms with Gasteiger partial charge in [0.15, 0.2) is 0 Å². The van der Waals surface area contributed by atoms with Gasteiger partial charge in [-0.1, -0.05) is 45.0 Å². The van der Waals surface area contributed by atoms with Crippen molar-refractivity contribution in [3.05, 3.63) is 65.2 Å². The number of carbonyl (C=O) groups excluding carboxylic acids is 2. The zero-order valence-electron chi connectivity index (χ0n) is 18.5. The van der Waals surface area contributed by atoms with Crippen molar-refractivity contribution in [3.63, 3.8) is 0 Å². The van der Waals surface area contributed by atoms with Gasteiger partial charge in [0.1, 0.15) is 0 Å². The zero-order chi connectivity index (χ0) is 22.1. The van der Waals surface area contributed by atoms with E-state index in [9.17, 15) is 9.59 Å². The van der Waals surface area contributed by atoms with E-state index < -0.39 is 0 Å². The maximum Gasteiger partial charge on any atom is 0.259 e. The Morgan fingerprint density at radius 3 is 2.10 bits per heavy atom. The molecule has 6 nitrogen and oxygen atoms in total. The van der Waals surface area contributed by atoms with E-state index in [1.54, 1.807) is 18.3 Å². The van der Waals surface area contributed by atoms with Gasteiger partial charge in [-0.3, -0.25) is 9.59 Å². The highest BCUT2D eigenvalue weighted by molar-refractivity contribution is 5.96. The second-order valence-corrected chi connectivity index (χ2v) is 8.07. The quantitative estimate of drug-likeness (QED) is 0.517. The first kappa shape index (κ1) is 23.1. The van der Waals surface area contributed by atoms with Crippen LogP contribution in [0.2, 0.25) is 0 Å². The van der Waals surface area contributed by atoms with Gasteiger partial charge < -0.3 is 10.2 Å². The summed E-state index contributed by atoms with van der Waals surface area (Å²) in [5.74, 6) is -0.674. The van der Waals surface area contributed by atoms with Crippen LogP contribution in [0, 0.1) is 0 Å². The lowest BCUT2D eigenvalue weighted by Crippen LogP contribution is -2.34. The number of hydrogen-bond acceptors (Lipinski definition) is 4. The average molecular weight is 409 g/mol. The third-order valence-electron chi connectivity index (χ3n) is 4.85. The minimum Gasteiger partial charge on any atom is -0.372 e. The summed E-state index contributed by atoms with van der Waals surface area (Å²) in [6, 6.07) is 15.4. The van der Waals surface area contributed by atoms with Gasteiger partial charge in [-0.05, 0) is 54.7 Å². The lowest BCUT2D eigenvalue weighted by molar-refractivity contribution is -0.120. The van der Waals surface area contributed by atoms with E-state index in [2.05, 4.69) is 55.4 Å². The van der Waals surface area contributed by atoms with Crippen LogP contribution in [0.1, 0.15) is 56.1 Å². The van der Waals surface area contributed by atoms with Crippen molar-refractivity contribution in [2.24, 2.45) is 5.10 Å². The summed E-state index contributed by atoms with van der Waals surface area (Å²) in [4.78, 5) is 26.4. The Morgan fingerprint density at radius 2 is 1.57 bits per heavy atom. The summed E-state index contributed by atoms with van der Waals surface area (Å²) in [5, 5.41) is 6.56. The van der Waals surface area contributed by atoms with Gasteiger partial charge in [0.05, 0.1) is 12.8 Å². The summed E-state index contributed by atoms with van der Waals surface area (Å²) in [6.07, 6.45) is 1.58. The van der Waals surface area contributed by atoms with Crippen molar-refractivity contribution in [1.82, 2.24) is 10.7 Å². The second-order valence-electron chi connectivity index (χ2n) is 8.07. The maximum absolute atomic E-state index is 12.2. The van der Waals surface area contributed by atoms with Crippen LogP contribution in [0.3, 0.4) is 0 Å². The van der Waals surface area contributed by atoms with E-state index in [4.69, 9.17) is 0 Å². The summed E-state index contributed by atoms with van der Waals surface area (Å²) in [5.41, 5.74) is 6.16. The largest absolute Gasteiger partial charge is 0.372 e. The van der Waals surface area contributed by atoms with Crippen LogP contribution in [-0.2, 0) is 10.2 Å². The molecule has 0 spiro atoms. The van der Waals surface area contributed by atoms with Gasteiger partial charge in [-0.15, -0.1) is 0 Å². The number of carbonyl (C=O) groups is 2. The fourth-order valence-corrected chi connectivity index (χ4v) is 2.96. The molecule has 2 N–H and O–H groups in total. The van der Waals surface area contributed by atoms with E-state index in [-0.39, 0.29) is 23.8 Å². The Bertz CT molecular complexity index is 862. The maximum atomic E-state index is 12.2. The molecule has 2 rings (SSSR count). The van der Waals surface area contributed by atoms with E-state index >= 15 is 0 Å². The van der Waals surface area contributed by atoms with Crippen molar-refractivity contribution >= 4 is 23.7 Å². The highest BCUT2D eigenvalue weighted by Crippen LogP contribution is 2.22. The minimum absolute atomic E-state index is 0.0264. The van der Waals surface area contributed by atoms with Gasteiger partial charge >= 0.3 is 0 Å². The van der Waals surface area contributed by atoms with Gasteiger partial charge in [0.25, 0.3) is 11.8 Å². The van der Waals surface area contributed by atoms with Crippen molar-refractivity contribution in [3.8, 4) is 0 Å². The Hall–Kier alpha value is -3.15. The molecule has 0 aromatic heterocycles. The number of nitrogens with one attached hydrogen (secondary N) is 2. The summed E-state index contributed by atoms with van der Waals surface area (Å²) in [7, 11) is 0. The fourth-order valence-electron chi connectivity index (χ4n) is 2.96. The van der Waals surface area contributed by atoms with Gasteiger partial charge in [-0.25, -0.2) is 5.43 Å². The molecule has 0 aliphatic rings. The molecule has 0 bridgehead atoms. The SMILES string of the molecule is CCN(CC)c1ccc(C=NNC(=O)CNC(=O)c2ccc(C(C)(C)C)cc2)cc1. The molecule has 2 aromatic rings. The standard InChI is InChI=1S/C24H32N4O2/c1-6-28(7-2)21-14-8-18(9-15-21)16-26-27-22(29)17-25-23(30)19-10-12-20(13-11-19)24(3,4)5/h8-16H,6-7,17H2,1-5H3,(H,25,30)(H,27,29). The highest BCUT2D eigenvalue weighted by atomic mass is 16.2. The van der Waals surface area contributed by atoms with E-state index in [0.717, 1.165) is 29.9 Å². The smallest absolute Gasteiger partial charge is 0.259 e. The number of amides is 2. The fraction of sp³-hybridized carbons (Fsp3) is 0.375. The minimum atomic E-state index is -0.384. The molecule has 0 heterocycles. The summed E-state index contributed by atoms with van der Waals surface area (Å²) >= 11 is 0. The molecule has 0 radical (unpaired) electrons. The molecular weight excluding hydrogens is 376 g/mol. The zero-order valence-corrected chi connectivity index (χ0v) is 18.5. The van der Waals surface area contributed by atoms with Crippen LogP contribution >= 0.6 is 0 Å². The van der Waals surface area contributed by atoms with Crippen molar-refractivity contribution in [1.29, 1.82) is 0 Å². The van der Waals surface area contributed by atoms with E-state index in [1.165, 1.54) is 0 Å². The normalized spacial score (nSPS) is 11.4. The molecule has 0 atom stereocenters. The molecule has 160 valence electrons. The number of benzene rings is 2. The number of hydrazone groups is 1. The molecule has 30 heavy (non-hydrogen) atoms. The molecule has 2 aromatic carbocycles. The summed E-state index contributed by atoms with van der Waals surface area (Å²) < 4.78 is 0. The number of rotatable bonds is 8. The van der Waals surface area contributed by atoms with Gasteiger partial charge in [0, 0.05) is 24.3 Å². The molecule has 0 aliphatic carbocycles. The predicted octanol–water partition coefficient (Wildman–Crippen LogP) is 3.71. The van der Waals surface area contributed by atoms with Crippen LogP contribution in [-0.4, -0.2) is 37.7 Å². The topological polar surface area (TPSA) is 73.8 Å². The first-order chi connectivity index (χ1) is 14.2. The number of anilines is 1. The molecule has 0 aliphatic heterocycles. The Labute approximate surface area is 179 Å². The Morgan fingerprint density at radius 1 is 0.967 bits per heavy atom. The summed E-state index contributed by atoms with van der Waals surface area (Å²) in [6.45, 7) is 12.4. The third kappa shape index (κ3) is 6.72. The number of nitrogens with zero attached hydrogens (tertiary/aromatic N) is 2. The van der Waals surface area contributed by atoms with Crippen LogP contribution in [0.5, 0.6) is 0 Å². The molecule has 0 saturated carbocycles.